The highest BCUT2D eigenvalue weighted by atomic mass is 17.1. The Morgan fingerprint density at radius 1 is 1.07 bits per heavy atom. The van der Waals surface area contributed by atoms with Crippen molar-refractivity contribution in [1.29, 1.82) is 0 Å². The molecule has 0 aromatic rings. The fourth-order valence-electron chi connectivity index (χ4n) is 4.33. The molecular weight excluding hydrogens is 196 g/mol. The number of carbonyl (C=O) groups is 1. The number of rotatable bonds is 2. The summed E-state index contributed by atoms with van der Waals surface area (Å²) in [5.41, 5.74) is 0. The van der Waals surface area contributed by atoms with Crippen molar-refractivity contribution in [2.75, 3.05) is 0 Å². The summed E-state index contributed by atoms with van der Waals surface area (Å²) in [7, 11) is 0. The molecule has 0 amide bonds. The first-order valence-corrected chi connectivity index (χ1v) is 5.73. The van der Waals surface area contributed by atoms with Crippen molar-refractivity contribution in [1.82, 2.24) is 0 Å². The summed E-state index contributed by atoms with van der Waals surface area (Å²) >= 11 is 0. The number of fused-ring (bicyclic) bond motifs is 5. The maximum Gasteiger partial charge on any atom is 0.306 e. The van der Waals surface area contributed by atoms with Crippen molar-refractivity contribution in [3.8, 4) is 0 Å². The SMILES string of the molecule is O=C(O)C1CC2C3C[C@@H](CC3OO)C2C1. The van der Waals surface area contributed by atoms with Crippen molar-refractivity contribution in [3.05, 3.63) is 0 Å². The van der Waals surface area contributed by atoms with Gasteiger partial charge in [0.25, 0.3) is 0 Å². The lowest BCUT2D eigenvalue weighted by molar-refractivity contribution is -0.292. The number of carboxylic acid groups (broad SMARTS) is 1. The van der Waals surface area contributed by atoms with E-state index in [0.29, 0.717) is 23.7 Å². The first kappa shape index (κ1) is 9.60. The van der Waals surface area contributed by atoms with E-state index < -0.39 is 5.97 Å². The van der Waals surface area contributed by atoms with Crippen LogP contribution in [0.4, 0.5) is 0 Å². The van der Waals surface area contributed by atoms with Crippen molar-refractivity contribution >= 4 is 5.97 Å². The fraction of sp³-hybridized carbons (Fsp3) is 0.909. The molecule has 3 saturated carbocycles. The van der Waals surface area contributed by atoms with E-state index in [1.165, 1.54) is 0 Å². The Morgan fingerprint density at radius 3 is 2.47 bits per heavy atom. The Balaban J connectivity index is 1.76. The summed E-state index contributed by atoms with van der Waals surface area (Å²) in [6.07, 6.45) is 3.67. The molecule has 0 saturated heterocycles. The molecular formula is C11H16O4. The summed E-state index contributed by atoms with van der Waals surface area (Å²) in [6.45, 7) is 0. The van der Waals surface area contributed by atoms with E-state index in [4.69, 9.17) is 10.4 Å². The molecule has 2 bridgehead atoms. The molecule has 15 heavy (non-hydrogen) atoms. The maximum absolute atomic E-state index is 10.9. The van der Waals surface area contributed by atoms with E-state index in [2.05, 4.69) is 4.89 Å². The van der Waals surface area contributed by atoms with E-state index in [9.17, 15) is 4.79 Å². The Kier molecular flexibility index (Phi) is 2.04. The van der Waals surface area contributed by atoms with Gasteiger partial charge in [-0.05, 0) is 49.4 Å². The monoisotopic (exact) mass is 212 g/mol. The molecule has 6 atom stereocenters. The van der Waals surface area contributed by atoms with Crippen LogP contribution in [0.5, 0.6) is 0 Å². The van der Waals surface area contributed by atoms with Gasteiger partial charge in [0.2, 0.25) is 0 Å². The highest BCUT2D eigenvalue weighted by Crippen LogP contribution is 2.60. The predicted octanol–water partition coefficient (Wildman–Crippen LogP) is 1.61. The molecule has 0 aliphatic heterocycles. The Bertz CT molecular complexity index is 288. The quantitative estimate of drug-likeness (QED) is 0.539. The van der Waals surface area contributed by atoms with Gasteiger partial charge in [-0.25, -0.2) is 4.89 Å². The van der Waals surface area contributed by atoms with Crippen LogP contribution in [0.25, 0.3) is 0 Å². The van der Waals surface area contributed by atoms with Gasteiger partial charge < -0.3 is 5.11 Å². The Labute approximate surface area is 88.2 Å². The molecule has 0 aromatic heterocycles. The second kappa shape index (κ2) is 3.19. The van der Waals surface area contributed by atoms with E-state index in [1.807, 2.05) is 0 Å². The zero-order valence-electron chi connectivity index (χ0n) is 8.50. The minimum absolute atomic E-state index is 0.0243. The van der Waals surface area contributed by atoms with E-state index in [0.717, 1.165) is 25.7 Å². The van der Waals surface area contributed by atoms with Crippen molar-refractivity contribution in [3.63, 3.8) is 0 Å². The Hall–Kier alpha value is -0.610. The lowest BCUT2D eigenvalue weighted by Crippen LogP contribution is -2.29. The largest absolute Gasteiger partial charge is 0.481 e. The van der Waals surface area contributed by atoms with Crippen LogP contribution in [0.3, 0.4) is 0 Å². The summed E-state index contributed by atoms with van der Waals surface area (Å²) in [5, 5.41) is 17.8. The van der Waals surface area contributed by atoms with Gasteiger partial charge >= 0.3 is 5.97 Å². The topological polar surface area (TPSA) is 66.8 Å². The van der Waals surface area contributed by atoms with Crippen LogP contribution in [0.2, 0.25) is 0 Å². The van der Waals surface area contributed by atoms with Gasteiger partial charge in [0.1, 0.15) is 0 Å². The molecule has 4 nitrogen and oxygen atoms in total. The van der Waals surface area contributed by atoms with Crippen LogP contribution >= 0.6 is 0 Å². The third-order valence-corrected chi connectivity index (χ3v) is 4.89. The van der Waals surface area contributed by atoms with Crippen molar-refractivity contribution in [2.24, 2.45) is 29.6 Å². The molecule has 2 N–H and O–H groups in total. The fourth-order valence-corrected chi connectivity index (χ4v) is 4.33. The molecule has 4 heteroatoms. The molecule has 3 fully saturated rings. The molecule has 0 heterocycles. The summed E-state index contributed by atoms with van der Waals surface area (Å²) in [5.74, 6) is 1.29. The van der Waals surface area contributed by atoms with Gasteiger partial charge in [-0.1, -0.05) is 0 Å². The molecule has 0 radical (unpaired) electrons. The van der Waals surface area contributed by atoms with Gasteiger partial charge in [-0.2, -0.15) is 0 Å². The first-order valence-electron chi connectivity index (χ1n) is 5.73. The summed E-state index contributed by atoms with van der Waals surface area (Å²) < 4.78 is 0. The number of aliphatic carboxylic acids is 1. The molecule has 3 aliphatic rings. The van der Waals surface area contributed by atoms with Gasteiger partial charge in [-0.3, -0.25) is 10.1 Å². The normalized spacial score (nSPS) is 52.1. The zero-order chi connectivity index (χ0) is 10.6. The maximum atomic E-state index is 10.9. The molecule has 84 valence electrons. The third kappa shape index (κ3) is 1.24. The predicted molar refractivity (Wildman–Crippen MR) is 51.1 cm³/mol. The number of hydrogen-bond acceptors (Lipinski definition) is 3. The lowest BCUT2D eigenvalue weighted by Gasteiger charge is -2.29. The number of hydrogen-bond donors (Lipinski definition) is 2. The van der Waals surface area contributed by atoms with Crippen molar-refractivity contribution in [2.45, 2.75) is 31.8 Å². The van der Waals surface area contributed by atoms with Gasteiger partial charge in [0.15, 0.2) is 0 Å². The zero-order valence-corrected chi connectivity index (χ0v) is 8.50. The van der Waals surface area contributed by atoms with Gasteiger partial charge in [0, 0.05) is 0 Å². The van der Waals surface area contributed by atoms with Crippen LogP contribution < -0.4 is 0 Å². The second-order valence-corrected chi connectivity index (χ2v) is 5.37. The van der Waals surface area contributed by atoms with E-state index in [1.54, 1.807) is 0 Å². The average molecular weight is 212 g/mol. The third-order valence-electron chi connectivity index (χ3n) is 4.89. The Morgan fingerprint density at radius 2 is 1.80 bits per heavy atom. The average Bonchev–Trinajstić information content (AvgIpc) is 2.87. The van der Waals surface area contributed by atoms with Crippen LogP contribution in [0, 0.1) is 29.6 Å². The molecule has 3 aliphatic carbocycles. The smallest absolute Gasteiger partial charge is 0.306 e. The van der Waals surface area contributed by atoms with E-state index in [-0.39, 0.29) is 12.0 Å². The summed E-state index contributed by atoms with van der Waals surface area (Å²) in [6, 6.07) is 0. The highest BCUT2D eigenvalue weighted by molar-refractivity contribution is 5.70. The highest BCUT2D eigenvalue weighted by Gasteiger charge is 2.57. The van der Waals surface area contributed by atoms with Crippen LogP contribution in [-0.4, -0.2) is 22.4 Å². The molecule has 0 spiro atoms. The molecule has 3 rings (SSSR count). The minimum atomic E-state index is -0.648. The van der Waals surface area contributed by atoms with Crippen molar-refractivity contribution < 1.29 is 20.0 Å². The van der Waals surface area contributed by atoms with Gasteiger partial charge in [0.05, 0.1) is 12.0 Å². The minimum Gasteiger partial charge on any atom is -0.481 e. The van der Waals surface area contributed by atoms with E-state index >= 15 is 0 Å². The standard InChI is InChI=1S/C11H16O4/c12-11(13)6-2-7-5-1-9(8(7)3-6)10(4-5)15-14/h5-10,14H,1-4H2,(H,12,13)/t5-,6?,7?,8?,9?,10?/m0/s1. The first-order chi connectivity index (χ1) is 7.20. The number of carboxylic acids is 1. The van der Waals surface area contributed by atoms with Crippen LogP contribution in [-0.2, 0) is 9.68 Å². The molecule has 0 aromatic carbocycles. The summed E-state index contributed by atoms with van der Waals surface area (Å²) in [4.78, 5) is 15.4. The lowest BCUT2D eigenvalue weighted by atomic mass is 9.80. The van der Waals surface area contributed by atoms with Gasteiger partial charge in [-0.15, -0.1) is 0 Å². The molecule has 5 unspecified atom stereocenters. The second-order valence-electron chi connectivity index (χ2n) is 5.37. The van der Waals surface area contributed by atoms with Crippen LogP contribution in [0.1, 0.15) is 25.7 Å². The van der Waals surface area contributed by atoms with Crippen LogP contribution in [0.15, 0.2) is 0 Å².